The van der Waals surface area contributed by atoms with Crippen molar-refractivity contribution in [3.05, 3.63) is 29.8 Å². The molecule has 19 heavy (non-hydrogen) atoms. The van der Waals surface area contributed by atoms with Gasteiger partial charge in [0.15, 0.2) is 0 Å². The Bertz CT molecular complexity index is 443. The molecule has 1 aromatic carbocycles. The molecule has 104 valence electrons. The Balaban J connectivity index is 2.55. The summed E-state index contributed by atoms with van der Waals surface area (Å²) in [5, 5.41) is 14.3. The molecule has 1 aromatic rings. The summed E-state index contributed by atoms with van der Waals surface area (Å²) in [7, 11) is 0. The van der Waals surface area contributed by atoms with Gasteiger partial charge in [0.05, 0.1) is 5.56 Å². The second kappa shape index (κ2) is 6.78. The van der Waals surface area contributed by atoms with Gasteiger partial charge in [-0.1, -0.05) is 20.3 Å². The Morgan fingerprint density at radius 1 is 1.21 bits per heavy atom. The maximum atomic E-state index is 11.7. The van der Waals surface area contributed by atoms with E-state index in [1.54, 1.807) is 12.1 Å². The molecule has 2 amide bonds. The van der Waals surface area contributed by atoms with Gasteiger partial charge in [-0.15, -0.1) is 0 Å². The predicted octanol–water partition coefficient (Wildman–Crippen LogP) is 2.94. The molecule has 1 rings (SSSR count). The highest BCUT2D eigenvalue weighted by molar-refractivity contribution is 5.91. The fraction of sp³-hybridized carbons (Fsp3) is 0.429. The summed E-state index contributed by atoms with van der Waals surface area (Å²) >= 11 is 0. The van der Waals surface area contributed by atoms with Crippen molar-refractivity contribution < 1.29 is 14.7 Å². The van der Waals surface area contributed by atoms with Crippen LogP contribution in [-0.4, -0.2) is 23.1 Å². The number of amides is 2. The fourth-order valence-electron chi connectivity index (χ4n) is 1.57. The first-order valence-electron chi connectivity index (χ1n) is 6.35. The molecular formula is C14H20N2O3. The molecule has 0 heterocycles. The zero-order valence-electron chi connectivity index (χ0n) is 11.4. The zero-order valence-corrected chi connectivity index (χ0v) is 11.4. The van der Waals surface area contributed by atoms with Crippen LogP contribution in [0.25, 0.3) is 0 Å². The van der Waals surface area contributed by atoms with Gasteiger partial charge in [-0.2, -0.15) is 0 Å². The van der Waals surface area contributed by atoms with Crippen molar-refractivity contribution >= 4 is 17.7 Å². The van der Waals surface area contributed by atoms with Crippen LogP contribution >= 0.6 is 0 Å². The second-order valence-electron chi connectivity index (χ2n) is 4.66. The first-order chi connectivity index (χ1) is 8.93. The minimum atomic E-state index is -0.985. The van der Waals surface area contributed by atoms with Crippen LogP contribution in [0.15, 0.2) is 24.3 Å². The average Bonchev–Trinajstić information content (AvgIpc) is 2.38. The largest absolute Gasteiger partial charge is 0.478 e. The summed E-state index contributed by atoms with van der Waals surface area (Å²) in [4.78, 5) is 22.4. The Kier molecular flexibility index (Phi) is 5.36. The summed E-state index contributed by atoms with van der Waals surface area (Å²) in [6.45, 7) is 6.11. The first kappa shape index (κ1) is 15.0. The summed E-state index contributed by atoms with van der Waals surface area (Å²) in [6.07, 6.45) is 0.995. The molecule has 3 N–H and O–H groups in total. The van der Waals surface area contributed by atoms with E-state index in [-0.39, 0.29) is 17.6 Å². The van der Waals surface area contributed by atoms with Gasteiger partial charge in [0.2, 0.25) is 0 Å². The fourth-order valence-corrected chi connectivity index (χ4v) is 1.57. The van der Waals surface area contributed by atoms with Gasteiger partial charge >= 0.3 is 12.0 Å². The van der Waals surface area contributed by atoms with E-state index in [0.29, 0.717) is 11.6 Å². The number of hydrogen-bond acceptors (Lipinski definition) is 2. The molecule has 2 atom stereocenters. The van der Waals surface area contributed by atoms with Crippen molar-refractivity contribution in [2.24, 2.45) is 5.92 Å². The molecule has 0 aromatic heterocycles. The van der Waals surface area contributed by atoms with Gasteiger partial charge in [-0.05, 0) is 37.1 Å². The number of anilines is 1. The Morgan fingerprint density at radius 3 is 2.26 bits per heavy atom. The number of carboxylic acid groups (broad SMARTS) is 1. The number of benzene rings is 1. The molecule has 0 saturated carbocycles. The van der Waals surface area contributed by atoms with E-state index >= 15 is 0 Å². The van der Waals surface area contributed by atoms with Crippen molar-refractivity contribution in [1.29, 1.82) is 0 Å². The lowest BCUT2D eigenvalue weighted by atomic mass is 10.0. The Hall–Kier alpha value is -2.04. The third-order valence-corrected chi connectivity index (χ3v) is 3.25. The van der Waals surface area contributed by atoms with Crippen molar-refractivity contribution in [2.75, 3.05) is 5.32 Å². The van der Waals surface area contributed by atoms with Gasteiger partial charge in [0, 0.05) is 11.7 Å². The van der Waals surface area contributed by atoms with E-state index in [9.17, 15) is 9.59 Å². The summed E-state index contributed by atoms with van der Waals surface area (Å²) in [5.74, 6) is -0.582. The third-order valence-electron chi connectivity index (χ3n) is 3.25. The van der Waals surface area contributed by atoms with Gasteiger partial charge in [0.1, 0.15) is 0 Å². The molecule has 0 radical (unpaired) electrons. The molecule has 0 fully saturated rings. The number of hydrogen-bond donors (Lipinski definition) is 3. The van der Waals surface area contributed by atoms with Crippen molar-refractivity contribution in [3.63, 3.8) is 0 Å². The molecule has 5 nitrogen and oxygen atoms in total. The number of rotatable bonds is 5. The number of aromatic carboxylic acids is 1. The third kappa shape index (κ3) is 4.62. The maximum absolute atomic E-state index is 11.7. The number of nitrogens with one attached hydrogen (secondary N) is 2. The molecule has 0 aliphatic carbocycles. The molecule has 0 aliphatic heterocycles. The normalized spacial score (nSPS) is 13.4. The van der Waals surface area contributed by atoms with E-state index in [2.05, 4.69) is 24.5 Å². The predicted molar refractivity (Wildman–Crippen MR) is 74.5 cm³/mol. The van der Waals surface area contributed by atoms with E-state index < -0.39 is 5.97 Å². The van der Waals surface area contributed by atoms with E-state index in [0.717, 1.165) is 6.42 Å². The monoisotopic (exact) mass is 264 g/mol. The van der Waals surface area contributed by atoms with Gasteiger partial charge in [0.25, 0.3) is 0 Å². The molecule has 0 saturated heterocycles. The van der Waals surface area contributed by atoms with Gasteiger partial charge < -0.3 is 15.7 Å². The first-order valence-corrected chi connectivity index (χ1v) is 6.35. The standard InChI is InChI=1S/C14H20N2O3/c1-4-9(2)10(3)15-14(19)16-12-7-5-11(6-8-12)13(17)18/h5-10H,4H2,1-3H3,(H,17,18)(H2,15,16,19). The average molecular weight is 264 g/mol. The Morgan fingerprint density at radius 2 is 1.79 bits per heavy atom. The highest BCUT2D eigenvalue weighted by atomic mass is 16.4. The quantitative estimate of drug-likeness (QED) is 0.765. The number of carboxylic acids is 1. The van der Waals surface area contributed by atoms with E-state index in [1.807, 2.05) is 6.92 Å². The zero-order chi connectivity index (χ0) is 14.4. The topological polar surface area (TPSA) is 78.4 Å². The molecule has 0 spiro atoms. The SMILES string of the molecule is CCC(C)C(C)NC(=O)Nc1ccc(C(=O)O)cc1. The summed E-state index contributed by atoms with van der Waals surface area (Å²) in [5.41, 5.74) is 0.762. The molecule has 0 aliphatic rings. The van der Waals surface area contributed by atoms with Crippen molar-refractivity contribution in [1.82, 2.24) is 5.32 Å². The lowest BCUT2D eigenvalue weighted by molar-refractivity contribution is 0.0697. The molecule has 2 unspecified atom stereocenters. The highest BCUT2D eigenvalue weighted by Crippen LogP contribution is 2.10. The van der Waals surface area contributed by atoms with Crippen LogP contribution in [0.2, 0.25) is 0 Å². The molecular weight excluding hydrogens is 244 g/mol. The van der Waals surface area contributed by atoms with Crippen molar-refractivity contribution in [2.45, 2.75) is 33.2 Å². The van der Waals surface area contributed by atoms with Crippen LogP contribution in [0.5, 0.6) is 0 Å². The van der Waals surface area contributed by atoms with E-state index in [4.69, 9.17) is 5.11 Å². The van der Waals surface area contributed by atoms with Crippen LogP contribution in [-0.2, 0) is 0 Å². The number of carbonyl (C=O) groups is 2. The lowest BCUT2D eigenvalue weighted by Gasteiger charge is -2.20. The van der Waals surface area contributed by atoms with Gasteiger partial charge in [-0.25, -0.2) is 9.59 Å². The lowest BCUT2D eigenvalue weighted by Crippen LogP contribution is -2.39. The highest BCUT2D eigenvalue weighted by Gasteiger charge is 2.13. The summed E-state index contributed by atoms with van der Waals surface area (Å²) < 4.78 is 0. The van der Waals surface area contributed by atoms with Crippen LogP contribution in [0, 0.1) is 5.92 Å². The summed E-state index contributed by atoms with van der Waals surface area (Å²) in [6, 6.07) is 5.85. The second-order valence-corrected chi connectivity index (χ2v) is 4.66. The molecule has 0 bridgehead atoms. The minimum absolute atomic E-state index is 0.0864. The smallest absolute Gasteiger partial charge is 0.335 e. The van der Waals surface area contributed by atoms with Crippen LogP contribution in [0.1, 0.15) is 37.6 Å². The minimum Gasteiger partial charge on any atom is -0.478 e. The van der Waals surface area contributed by atoms with Crippen LogP contribution in [0.4, 0.5) is 10.5 Å². The van der Waals surface area contributed by atoms with Gasteiger partial charge in [-0.3, -0.25) is 0 Å². The van der Waals surface area contributed by atoms with Crippen LogP contribution in [0.3, 0.4) is 0 Å². The molecule has 5 heteroatoms. The van der Waals surface area contributed by atoms with E-state index in [1.165, 1.54) is 12.1 Å². The Labute approximate surface area is 113 Å². The van der Waals surface area contributed by atoms with Crippen LogP contribution < -0.4 is 10.6 Å². The number of urea groups is 1. The maximum Gasteiger partial charge on any atom is 0.335 e. The number of carbonyl (C=O) groups excluding carboxylic acids is 1. The van der Waals surface area contributed by atoms with Crippen molar-refractivity contribution in [3.8, 4) is 0 Å².